The molecule has 5 aliphatic rings. The normalized spacial score (nSPS) is 51.9. The zero-order valence-corrected chi connectivity index (χ0v) is 17.3. The highest BCUT2D eigenvalue weighted by Crippen LogP contribution is 2.78. The van der Waals surface area contributed by atoms with Gasteiger partial charge in [-0.25, -0.2) is 0 Å². The number of hydrogen-bond acceptors (Lipinski definition) is 7. The molecule has 0 radical (unpaired) electrons. The summed E-state index contributed by atoms with van der Waals surface area (Å²) >= 11 is 0. The highest BCUT2D eigenvalue weighted by molar-refractivity contribution is 5.86. The maximum atomic E-state index is 13.3. The third kappa shape index (κ3) is 2.13. The predicted octanol–water partition coefficient (Wildman–Crippen LogP) is 2.11. The van der Waals surface area contributed by atoms with Gasteiger partial charge in [0, 0.05) is 24.9 Å². The van der Waals surface area contributed by atoms with E-state index >= 15 is 0 Å². The second-order valence-corrected chi connectivity index (χ2v) is 10.0. The van der Waals surface area contributed by atoms with Crippen LogP contribution in [0.5, 0.6) is 0 Å². The van der Waals surface area contributed by atoms with Crippen molar-refractivity contribution in [3.63, 3.8) is 0 Å². The van der Waals surface area contributed by atoms with Crippen molar-refractivity contribution in [2.75, 3.05) is 21.0 Å². The number of methoxy groups -OCH3 is 2. The lowest BCUT2D eigenvalue weighted by atomic mass is 9.59. The Morgan fingerprint density at radius 2 is 2.03 bits per heavy atom. The molecule has 5 rings (SSSR count). The Kier molecular flexibility index (Phi) is 4.21. The molecule has 0 aromatic rings. The van der Waals surface area contributed by atoms with Gasteiger partial charge in [-0.15, -0.1) is 0 Å². The fourth-order valence-corrected chi connectivity index (χ4v) is 8.46. The van der Waals surface area contributed by atoms with Gasteiger partial charge in [-0.2, -0.15) is 0 Å². The zero-order chi connectivity index (χ0) is 20.6. The van der Waals surface area contributed by atoms with Crippen molar-refractivity contribution >= 4 is 18.2 Å². The van der Waals surface area contributed by atoms with Crippen LogP contribution in [-0.4, -0.2) is 50.9 Å². The molecule has 4 bridgehead atoms. The Bertz CT molecular complexity index is 751. The smallest absolute Gasteiger partial charge is 0.315 e. The first-order valence-corrected chi connectivity index (χ1v) is 10.8. The lowest BCUT2D eigenvalue weighted by molar-refractivity contribution is -0.171. The van der Waals surface area contributed by atoms with Gasteiger partial charge in [-0.05, 0) is 56.8 Å². The molecule has 0 unspecified atom stereocenters. The summed E-state index contributed by atoms with van der Waals surface area (Å²) in [6, 6.07) is 0. The summed E-state index contributed by atoms with van der Waals surface area (Å²) in [5.74, 6) is -0.890. The molecular weight excluding hydrogens is 376 g/mol. The van der Waals surface area contributed by atoms with E-state index in [1.165, 1.54) is 7.11 Å². The first-order valence-electron chi connectivity index (χ1n) is 10.8. The van der Waals surface area contributed by atoms with Gasteiger partial charge < -0.3 is 23.7 Å². The molecule has 0 aromatic heterocycles. The summed E-state index contributed by atoms with van der Waals surface area (Å²) in [4.78, 5) is 38.3. The SMILES string of the molecule is COCO[C@H]1CC[C@]23OC(=O)[C@@]1(C)[C@H]2[C@H](C(=O)OC)[C@@]12C[C@@H](CC[C@H]13)[C@@H](C=O)C2. The van der Waals surface area contributed by atoms with Crippen LogP contribution in [0, 0.1) is 40.4 Å². The quantitative estimate of drug-likeness (QED) is 0.392. The lowest BCUT2D eigenvalue weighted by Gasteiger charge is -2.45. The van der Waals surface area contributed by atoms with E-state index in [1.54, 1.807) is 7.11 Å². The first-order chi connectivity index (χ1) is 13.9. The van der Waals surface area contributed by atoms with Gasteiger partial charge in [0.25, 0.3) is 0 Å². The molecule has 0 N–H and O–H groups in total. The summed E-state index contributed by atoms with van der Waals surface area (Å²) < 4.78 is 22.6. The van der Waals surface area contributed by atoms with E-state index in [9.17, 15) is 14.4 Å². The summed E-state index contributed by atoms with van der Waals surface area (Å²) in [5, 5.41) is 0. The first kappa shape index (κ1) is 19.5. The number of esters is 2. The minimum Gasteiger partial charge on any atom is -0.469 e. The third-order valence-electron chi connectivity index (χ3n) is 9.30. The van der Waals surface area contributed by atoms with Gasteiger partial charge in [-0.3, -0.25) is 9.59 Å². The molecule has 7 nitrogen and oxygen atoms in total. The van der Waals surface area contributed by atoms with Crippen molar-refractivity contribution in [3.8, 4) is 0 Å². The predicted molar refractivity (Wildman–Crippen MR) is 99.3 cm³/mol. The fourth-order valence-electron chi connectivity index (χ4n) is 8.46. The largest absolute Gasteiger partial charge is 0.469 e. The molecule has 0 amide bonds. The van der Waals surface area contributed by atoms with Crippen molar-refractivity contribution in [2.45, 2.75) is 57.2 Å². The number of carbonyl (C=O) groups is 3. The standard InChI is InChI=1S/C22H30O7/c1-20-15(28-11-26-2)6-7-22(29-19(20)25)14-5-4-12-8-21(14,9-13(12)10-23)16(17(20)22)18(24)27-3/h10,12-17H,4-9,11H2,1-3H3/t12-,13-,14-,15+,16-,17-,20-,21-,22-/m1/s1. The zero-order valence-electron chi connectivity index (χ0n) is 17.3. The van der Waals surface area contributed by atoms with Gasteiger partial charge in [0.1, 0.15) is 18.7 Å². The molecule has 4 aliphatic carbocycles. The summed E-state index contributed by atoms with van der Waals surface area (Å²) in [6.07, 6.45) is 5.48. The average Bonchev–Trinajstić information content (AvgIpc) is 3.20. The second kappa shape index (κ2) is 6.27. The average molecular weight is 406 g/mol. The molecule has 1 saturated heterocycles. The number of hydrogen-bond donors (Lipinski definition) is 0. The van der Waals surface area contributed by atoms with E-state index in [-0.39, 0.29) is 48.0 Å². The van der Waals surface area contributed by atoms with Crippen molar-refractivity contribution in [3.05, 3.63) is 0 Å². The molecular formula is C22H30O7. The third-order valence-corrected chi connectivity index (χ3v) is 9.30. The van der Waals surface area contributed by atoms with E-state index in [4.69, 9.17) is 18.9 Å². The van der Waals surface area contributed by atoms with Crippen molar-refractivity contribution in [2.24, 2.45) is 40.4 Å². The molecule has 4 saturated carbocycles. The van der Waals surface area contributed by atoms with Gasteiger partial charge in [0.2, 0.25) is 0 Å². The number of aldehydes is 1. The summed E-state index contributed by atoms with van der Waals surface area (Å²) in [6.45, 7) is 1.99. The molecule has 29 heavy (non-hydrogen) atoms. The number of ether oxygens (including phenoxy) is 4. The van der Waals surface area contributed by atoms with Crippen LogP contribution < -0.4 is 0 Å². The highest BCUT2D eigenvalue weighted by Gasteiger charge is 2.83. The Hall–Kier alpha value is -1.47. The van der Waals surface area contributed by atoms with Crippen molar-refractivity contribution < 1.29 is 33.3 Å². The minimum atomic E-state index is -0.920. The second-order valence-electron chi connectivity index (χ2n) is 10.0. The Morgan fingerprint density at radius 3 is 2.72 bits per heavy atom. The van der Waals surface area contributed by atoms with Crippen molar-refractivity contribution in [1.82, 2.24) is 0 Å². The van der Waals surface area contributed by atoms with Crippen LogP contribution in [0.15, 0.2) is 0 Å². The number of rotatable bonds is 5. The highest BCUT2D eigenvalue weighted by atomic mass is 16.7. The molecule has 160 valence electrons. The van der Waals surface area contributed by atoms with Crippen LogP contribution in [0.1, 0.15) is 45.4 Å². The Labute approximate surface area is 170 Å². The van der Waals surface area contributed by atoms with E-state index in [0.29, 0.717) is 25.2 Å². The van der Waals surface area contributed by atoms with Gasteiger partial charge in [-0.1, -0.05) is 0 Å². The maximum Gasteiger partial charge on any atom is 0.315 e. The topological polar surface area (TPSA) is 88.1 Å². The molecule has 7 heteroatoms. The molecule has 1 spiro atoms. The Morgan fingerprint density at radius 1 is 1.24 bits per heavy atom. The number of fused-ring (bicyclic) bond motifs is 1. The summed E-state index contributed by atoms with van der Waals surface area (Å²) in [5.41, 5.74) is -1.90. The van der Waals surface area contributed by atoms with Crippen LogP contribution >= 0.6 is 0 Å². The lowest BCUT2D eigenvalue weighted by Crippen LogP contribution is -2.54. The fraction of sp³-hybridized carbons (Fsp3) is 0.864. The van der Waals surface area contributed by atoms with Gasteiger partial charge in [0.15, 0.2) is 0 Å². The van der Waals surface area contributed by atoms with Crippen LogP contribution in [0.2, 0.25) is 0 Å². The minimum absolute atomic E-state index is 0.0220. The van der Waals surface area contributed by atoms with E-state index < -0.39 is 16.9 Å². The van der Waals surface area contributed by atoms with Crippen molar-refractivity contribution in [1.29, 1.82) is 0 Å². The maximum absolute atomic E-state index is 13.3. The van der Waals surface area contributed by atoms with Crippen LogP contribution in [0.3, 0.4) is 0 Å². The molecule has 1 aliphatic heterocycles. The Balaban J connectivity index is 1.65. The van der Waals surface area contributed by atoms with Crippen LogP contribution in [0.25, 0.3) is 0 Å². The van der Waals surface area contributed by atoms with E-state index in [2.05, 4.69) is 0 Å². The number of carbonyl (C=O) groups excluding carboxylic acids is 3. The summed E-state index contributed by atoms with van der Waals surface area (Å²) in [7, 11) is 2.97. The molecule has 0 aromatic carbocycles. The van der Waals surface area contributed by atoms with Crippen LogP contribution in [0.4, 0.5) is 0 Å². The molecule has 1 heterocycles. The monoisotopic (exact) mass is 406 g/mol. The van der Waals surface area contributed by atoms with E-state index in [0.717, 1.165) is 25.5 Å². The van der Waals surface area contributed by atoms with Crippen LogP contribution in [-0.2, 0) is 33.3 Å². The van der Waals surface area contributed by atoms with E-state index in [1.807, 2.05) is 6.92 Å². The van der Waals surface area contributed by atoms with Gasteiger partial charge >= 0.3 is 11.9 Å². The molecule has 9 atom stereocenters. The van der Waals surface area contributed by atoms with Gasteiger partial charge in [0.05, 0.1) is 24.5 Å². The molecule has 5 fully saturated rings.